The van der Waals surface area contributed by atoms with Crippen molar-refractivity contribution < 1.29 is 23.9 Å². The molecule has 1 atom stereocenters. The number of nitrogens with zero attached hydrogens (tertiary/aromatic N) is 1. The van der Waals surface area contributed by atoms with Crippen molar-refractivity contribution in [2.75, 3.05) is 6.54 Å². The summed E-state index contributed by atoms with van der Waals surface area (Å²) in [4.78, 5) is 50.1. The third kappa shape index (κ3) is 3.78. The number of benzene rings is 2. The molecule has 0 unspecified atom stereocenters. The first-order valence-electron chi connectivity index (χ1n) is 8.95. The van der Waals surface area contributed by atoms with Crippen LogP contribution in [0.15, 0.2) is 48.5 Å². The molecule has 1 heterocycles. The number of ether oxygens (including phenoxy) is 1. The van der Waals surface area contributed by atoms with Crippen LogP contribution in [-0.2, 0) is 16.1 Å². The lowest BCUT2D eigenvalue weighted by atomic mass is 10.1. The third-order valence-electron chi connectivity index (χ3n) is 4.39. The molecular formula is C21H20N2O5. The minimum atomic E-state index is -0.924. The summed E-state index contributed by atoms with van der Waals surface area (Å²) >= 11 is 0. The highest BCUT2D eigenvalue weighted by molar-refractivity contribution is 6.21. The molecule has 0 radical (unpaired) electrons. The average molecular weight is 380 g/mol. The fraction of sp³-hybridized carbons (Fsp3) is 0.238. The number of carbonyl (C=O) groups is 4. The number of nitrogens with one attached hydrogen (secondary N) is 1. The molecule has 0 saturated carbocycles. The highest BCUT2D eigenvalue weighted by atomic mass is 16.5. The van der Waals surface area contributed by atoms with E-state index in [4.69, 9.17) is 4.74 Å². The third-order valence-corrected chi connectivity index (χ3v) is 4.39. The Bertz CT molecular complexity index is 918. The molecule has 1 N–H and O–H groups in total. The molecule has 7 heteroatoms. The maximum Gasteiger partial charge on any atom is 0.338 e. The molecule has 0 aliphatic carbocycles. The molecule has 28 heavy (non-hydrogen) atoms. The van der Waals surface area contributed by atoms with E-state index in [-0.39, 0.29) is 29.8 Å². The van der Waals surface area contributed by atoms with Gasteiger partial charge in [-0.1, -0.05) is 24.3 Å². The molecular weight excluding hydrogens is 360 g/mol. The van der Waals surface area contributed by atoms with Crippen LogP contribution in [-0.4, -0.2) is 41.2 Å². The van der Waals surface area contributed by atoms with Crippen molar-refractivity contribution in [3.05, 3.63) is 70.8 Å². The highest BCUT2D eigenvalue weighted by Gasteiger charge is 2.35. The van der Waals surface area contributed by atoms with Crippen LogP contribution in [0.2, 0.25) is 0 Å². The van der Waals surface area contributed by atoms with E-state index < -0.39 is 12.1 Å². The van der Waals surface area contributed by atoms with Crippen LogP contribution in [0, 0.1) is 0 Å². The first-order chi connectivity index (χ1) is 13.4. The van der Waals surface area contributed by atoms with Crippen LogP contribution in [0.25, 0.3) is 0 Å². The maximum atomic E-state index is 12.5. The van der Waals surface area contributed by atoms with Gasteiger partial charge >= 0.3 is 5.97 Å². The van der Waals surface area contributed by atoms with Crippen LogP contribution in [0.4, 0.5) is 0 Å². The van der Waals surface area contributed by atoms with Gasteiger partial charge in [-0.05, 0) is 43.7 Å². The molecule has 1 aliphatic rings. The molecule has 2 aromatic rings. The number of hydrogen-bond donors (Lipinski definition) is 1. The molecule has 144 valence electrons. The van der Waals surface area contributed by atoms with Crippen molar-refractivity contribution in [3.8, 4) is 0 Å². The van der Waals surface area contributed by atoms with E-state index in [1.54, 1.807) is 55.5 Å². The first-order valence-corrected chi connectivity index (χ1v) is 8.95. The van der Waals surface area contributed by atoms with Gasteiger partial charge in [-0.2, -0.15) is 0 Å². The average Bonchev–Trinajstić information content (AvgIpc) is 2.93. The minimum absolute atomic E-state index is 0.0410. The lowest BCUT2D eigenvalue weighted by Gasteiger charge is -2.15. The van der Waals surface area contributed by atoms with Gasteiger partial charge in [0.1, 0.15) is 0 Å². The summed E-state index contributed by atoms with van der Waals surface area (Å²) in [6.07, 6.45) is -0.924. The Morgan fingerprint density at radius 2 is 1.68 bits per heavy atom. The molecule has 3 amide bonds. The summed E-state index contributed by atoms with van der Waals surface area (Å²) in [5.74, 6) is -1.75. The zero-order chi connectivity index (χ0) is 20.3. The Morgan fingerprint density at radius 3 is 2.29 bits per heavy atom. The standard InChI is InChI=1S/C21H20N2O5/c1-3-22-18(24)13(2)28-21(27)15-8-6-7-14(11-15)12-23-19(25)16-9-4-5-10-17(16)20(23)26/h4-11,13H,3,12H2,1-2H3,(H,22,24)/t13-/m0/s1. The van der Waals surface area contributed by atoms with E-state index >= 15 is 0 Å². The van der Waals surface area contributed by atoms with E-state index in [1.807, 2.05) is 0 Å². The number of rotatable bonds is 6. The van der Waals surface area contributed by atoms with Gasteiger partial charge in [0.15, 0.2) is 6.10 Å². The topological polar surface area (TPSA) is 92.8 Å². The summed E-state index contributed by atoms with van der Waals surface area (Å²) in [5, 5.41) is 2.58. The van der Waals surface area contributed by atoms with E-state index in [2.05, 4.69) is 5.32 Å². The second-order valence-corrected chi connectivity index (χ2v) is 6.38. The molecule has 0 bridgehead atoms. The Hall–Kier alpha value is -3.48. The normalized spacial score (nSPS) is 13.9. The van der Waals surface area contributed by atoms with Gasteiger partial charge in [-0.3, -0.25) is 19.3 Å². The largest absolute Gasteiger partial charge is 0.449 e. The molecule has 0 spiro atoms. The number of carbonyl (C=O) groups excluding carboxylic acids is 4. The fourth-order valence-electron chi connectivity index (χ4n) is 2.96. The Morgan fingerprint density at radius 1 is 1.04 bits per heavy atom. The number of imide groups is 1. The molecule has 0 saturated heterocycles. The summed E-state index contributed by atoms with van der Waals surface area (Å²) < 4.78 is 5.17. The lowest BCUT2D eigenvalue weighted by molar-refractivity contribution is -0.128. The molecule has 3 rings (SSSR count). The van der Waals surface area contributed by atoms with Crippen molar-refractivity contribution in [2.45, 2.75) is 26.5 Å². The zero-order valence-electron chi connectivity index (χ0n) is 15.6. The van der Waals surface area contributed by atoms with Crippen molar-refractivity contribution in [1.82, 2.24) is 10.2 Å². The first kappa shape index (κ1) is 19.3. The second-order valence-electron chi connectivity index (χ2n) is 6.38. The van der Waals surface area contributed by atoms with E-state index in [1.165, 1.54) is 6.92 Å². The van der Waals surface area contributed by atoms with Crippen molar-refractivity contribution in [2.24, 2.45) is 0 Å². The highest BCUT2D eigenvalue weighted by Crippen LogP contribution is 2.24. The predicted octanol–water partition coefficient (Wildman–Crippen LogP) is 2.16. The quantitative estimate of drug-likeness (QED) is 0.612. The maximum absolute atomic E-state index is 12.5. The Balaban J connectivity index is 1.72. The van der Waals surface area contributed by atoms with Crippen LogP contribution in [0.1, 0.15) is 50.5 Å². The van der Waals surface area contributed by atoms with E-state index in [9.17, 15) is 19.2 Å². The van der Waals surface area contributed by atoms with E-state index in [0.717, 1.165) is 4.90 Å². The summed E-state index contributed by atoms with van der Waals surface area (Å²) in [6.45, 7) is 3.75. The lowest BCUT2D eigenvalue weighted by Crippen LogP contribution is -2.35. The van der Waals surface area contributed by atoms with Crippen molar-refractivity contribution in [1.29, 1.82) is 0 Å². The number of esters is 1. The Labute approximate surface area is 162 Å². The molecule has 2 aromatic carbocycles. The van der Waals surface area contributed by atoms with Gasteiger partial charge in [0.2, 0.25) is 0 Å². The SMILES string of the molecule is CCNC(=O)[C@H](C)OC(=O)c1cccc(CN2C(=O)c3ccccc3C2=O)c1. The molecule has 7 nitrogen and oxygen atoms in total. The van der Waals surface area contributed by atoms with Crippen molar-refractivity contribution in [3.63, 3.8) is 0 Å². The molecule has 0 aromatic heterocycles. The van der Waals surface area contributed by atoms with Crippen molar-refractivity contribution >= 4 is 23.7 Å². The summed E-state index contributed by atoms with van der Waals surface area (Å²) in [6, 6.07) is 13.1. The Kier molecular flexibility index (Phi) is 5.54. The van der Waals surface area contributed by atoms with Gasteiger partial charge in [0.25, 0.3) is 17.7 Å². The molecule has 0 fully saturated rings. The van der Waals surface area contributed by atoms with Gasteiger partial charge < -0.3 is 10.1 Å². The van der Waals surface area contributed by atoms with Crippen LogP contribution >= 0.6 is 0 Å². The summed E-state index contributed by atoms with van der Waals surface area (Å²) in [7, 11) is 0. The van der Waals surface area contributed by atoms with Gasteiger partial charge in [-0.25, -0.2) is 4.79 Å². The number of amides is 3. The fourth-order valence-corrected chi connectivity index (χ4v) is 2.96. The number of hydrogen-bond acceptors (Lipinski definition) is 5. The summed E-state index contributed by atoms with van der Waals surface area (Å²) in [5.41, 5.74) is 1.59. The zero-order valence-corrected chi connectivity index (χ0v) is 15.6. The van der Waals surface area contributed by atoms with Crippen LogP contribution < -0.4 is 5.32 Å². The minimum Gasteiger partial charge on any atom is -0.449 e. The second kappa shape index (κ2) is 8.04. The predicted molar refractivity (Wildman–Crippen MR) is 101 cm³/mol. The van der Waals surface area contributed by atoms with Gasteiger partial charge in [0.05, 0.1) is 23.2 Å². The van der Waals surface area contributed by atoms with Gasteiger partial charge in [0, 0.05) is 6.54 Å². The van der Waals surface area contributed by atoms with Crippen LogP contribution in [0.5, 0.6) is 0 Å². The van der Waals surface area contributed by atoms with Crippen LogP contribution in [0.3, 0.4) is 0 Å². The van der Waals surface area contributed by atoms with Gasteiger partial charge in [-0.15, -0.1) is 0 Å². The smallest absolute Gasteiger partial charge is 0.338 e. The monoisotopic (exact) mass is 380 g/mol. The number of fused-ring (bicyclic) bond motifs is 1. The molecule has 1 aliphatic heterocycles. The van der Waals surface area contributed by atoms with E-state index in [0.29, 0.717) is 23.2 Å². The number of likely N-dealkylation sites (N-methyl/N-ethyl adjacent to an activating group) is 1.